The van der Waals surface area contributed by atoms with Crippen LogP contribution >= 0.6 is 0 Å². The highest BCUT2D eigenvalue weighted by Gasteiger charge is 2.37. The molecule has 1 N–H and O–H groups in total. The van der Waals surface area contributed by atoms with Crippen molar-refractivity contribution < 1.29 is 4.74 Å². The predicted octanol–water partition coefficient (Wildman–Crippen LogP) is 5.40. The lowest BCUT2D eigenvalue weighted by molar-refractivity contribution is 0.0639. The molecule has 0 amide bonds. The molecule has 8 nitrogen and oxygen atoms in total. The van der Waals surface area contributed by atoms with Crippen molar-refractivity contribution in [3.63, 3.8) is 0 Å². The number of fused-ring (bicyclic) bond motifs is 2. The fraction of sp³-hybridized carbons (Fsp3) is 0.485. The molecule has 0 saturated carbocycles. The van der Waals surface area contributed by atoms with Crippen LogP contribution in [0.3, 0.4) is 0 Å². The fourth-order valence-corrected chi connectivity index (χ4v) is 6.62. The summed E-state index contributed by atoms with van der Waals surface area (Å²) in [6.45, 7) is 14.4. The van der Waals surface area contributed by atoms with Crippen molar-refractivity contribution in [1.29, 1.82) is 0 Å². The number of nitrogens with zero attached hydrogens (tertiary/aromatic N) is 6. The van der Waals surface area contributed by atoms with Crippen molar-refractivity contribution >= 4 is 22.4 Å². The Bertz CT molecular complexity index is 1590. The Kier molecular flexibility index (Phi) is 7.24. The summed E-state index contributed by atoms with van der Waals surface area (Å²) in [7, 11) is 6.10. The third-order valence-corrected chi connectivity index (χ3v) is 9.12. The highest BCUT2D eigenvalue weighted by molar-refractivity contribution is 5.96. The Morgan fingerprint density at radius 1 is 1.00 bits per heavy atom. The van der Waals surface area contributed by atoms with Crippen LogP contribution < -0.4 is 9.80 Å². The predicted molar refractivity (Wildman–Crippen MR) is 167 cm³/mol. The molecule has 0 spiro atoms. The van der Waals surface area contributed by atoms with E-state index in [1.165, 1.54) is 22.4 Å². The number of anilines is 2. The first kappa shape index (κ1) is 27.7. The van der Waals surface area contributed by atoms with Gasteiger partial charge >= 0.3 is 0 Å². The van der Waals surface area contributed by atoms with Crippen LogP contribution in [0.1, 0.15) is 53.4 Å². The maximum absolute atomic E-state index is 5.97. The molecule has 0 aliphatic carbocycles. The molecular weight excluding hydrogens is 510 g/mol. The lowest BCUT2D eigenvalue weighted by Crippen LogP contribution is -2.39. The Balaban J connectivity index is 1.49. The number of rotatable bonds is 6. The summed E-state index contributed by atoms with van der Waals surface area (Å²) in [4.78, 5) is 17.9. The largest absolute Gasteiger partial charge is 0.378 e. The molecule has 1 saturated heterocycles. The van der Waals surface area contributed by atoms with Crippen molar-refractivity contribution in [2.45, 2.75) is 65.6 Å². The van der Waals surface area contributed by atoms with Gasteiger partial charge in [0.05, 0.1) is 23.4 Å². The van der Waals surface area contributed by atoms with Gasteiger partial charge in [0.25, 0.3) is 0 Å². The second kappa shape index (κ2) is 10.7. The van der Waals surface area contributed by atoms with Gasteiger partial charge in [0.15, 0.2) is 5.82 Å². The number of aromatic nitrogens is 4. The Morgan fingerprint density at radius 3 is 2.49 bits per heavy atom. The molecule has 4 aromatic rings. The minimum atomic E-state index is 0.116. The van der Waals surface area contributed by atoms with Crippen LogP contribution in [0.15, 0.2) is 30.3 Å². The van der Waals surface area contributed by atoms with Crippen LogP contribution in [0.25, 0.3) is 22.3 Å². The van der Waals surface area contributed by atoms with Crippen molar-refractivity contribution in [2.24, 2.45) is 0 Å². The van der Waals surface area contributed by atoms with Gasteiger partial charge in [-0.05, 0) is 69.6 Å². The number of aromatic amines is 1. The van der Waals surface area contributed by atoms with Crippen LogP contribution in [0.4, 0.5) is 11.5 Å². The molecule has 0 unspecified atom stereocenters. The van der Waals surface area contributed by atoms with Crippen LogP contribution in [-0.2, 0) is 17.7 Å². The first-order chi connectivity index (χ1) is 19.7. The average Bonchev–Trinajstić information content (AvgIpc) is 3.56. The topological polar surface area (TPSA) is 73.4 Å². The monoisotopic (exact) mass is 553 g/mol. The van der Waals surface area contributed by atoms with Crippen LogP contribution in [0.2, 0.25) is 0 Å². The van der Waals surface area contributed by atoms with Gasteiger partial charge in [0.1, 0.15) is 5.82 Å². The zero-order valence-electron chi connectivity index (χ0n) is 25.7. The Labute approximate surface area is 243 Å². The Hall–Kier alpha value is -3.49. The second-order valence-corrected chi connectivity index (χ2v) is 12.4. The van der Waals surface area contributed by atoms with Crippen molar-refractivity contribution in [1.82, 2.24) is 25.1 Å². The average molecular weight is 554 g/mol. The molecule has 41 heavy (non-hydrogen) atoms. The maximum Gasteiger partial charge on any atom is 0.162 e. The number of likely N-dealkylation sites (N-methyl/N-ethyl adjacent to an activating group) is 1. The first-order valence-corrected chi connectivity index (χ1v) is 14.8. The van der Waals surface area contributed by atoms with E-state index >= 15 is 0 Å². The Morgan fingerprint density at radius 2 is 1.78 bits per heavy atom. The number of nitrogens with one attached hydrogen (secondary N) is 1. The number of hydrogen-bond acceptors (Lipinski definition) is 7. The van der Waals surface area contributed by atoms with E-state index < -0.39 is 0 Å². The molecule has 0 radical (unpaired) electrons. The molecule has 2 atom stereocenters. The van der Waals surface area contributed by atoms with Gasteiger partial charge in [0.2, 0.25) is 0 Å². The van der Waals surface area contributed by atoms with Crippen LogP contribution in [0, 0.1) is 20.8 Å². The van der Waals surface area contributed by atoms with Crippen molar-refractivity contribution in [2.75, 3.05) is 50.6 Å². The lowest BCUT2D eigenvalue weighted by Gasteiger charge is -2.34. The molecule has 2 aromatic carbocycles. The molecule has 2 aliphatic rings. The minimum absolute atomic E-state index is 0.116. The zero-order valence-corrected chi connectivity index (χ0v) is 25.7. The summed E-state index contributed by atoms with van der Waals surface area (Å²) in [5.41, 5.74) is 10.6. The third-order valence-electron chi connectivity index (χ3n) is 9.12. The molecule has 2 aliphatic heterocycles. The van der Waals surface area contributed by atoms with E-state index in [0.29, 0.717) is 12.0 Å². The SMILES string of the molecule is CO[C@H]1CN(c2nc(-c3c(C)ccc4n[nH]c(C)c34)nc3c2CN(c2cc(C(C)C)ccc2C)CC3)C[C@@H]1N(C)C. The minimum Gasteiger partial charge on any atom is -0.378 e. The number of benzene rings is 2. The van der Waals surface area contributed by atoms with E-state index in [9.17, 15) is 0 Å². The number of hydrogen-bond donors (Lipinski definition) is 1. The lowest BCUT2D eigenvalue weighted by atomic mass is 9.97. The summed E-state index contributed by atoms with van der Waals surface area (Å²) in [6, 6.07) is 11.4. The quantitative estimate of drug-likeness (QED) is 0.343. The molecule has 8 heteroatoms. The fourth-order valence-electron chi connectivity index (χ4n) is 6.62. The van der Waals surface area contributed by atoms with Gasteiger partial charge in [-0.15, -0.1) is 0 Å². The van der Waals surface area contributed by atoms with Gasteiger partial charge < -0.3 is 19.4 Å². The summed E-state index contributed by atoms with van der Waals surface area (Å²) in [5.74, 6) is 2.32. The van der Waals surface area contributed by atoms with E-state index in [1.807, 2.05) is 7.11 Å². The molecule has 6 rings (SSSR count). The van der Waals surface area contributed by atoms with Gasteiger partial charge in [0, 0.05) is 67.6 Å². The van der Waals surface area contributed by atoms with E-state index in [1.54, 1.807) is 0 Å². The third kappa shape index (κ3) is 4.87. The first-order valence-electron chi connectivity index (χ1n) is 14.8. The molecular formula is C33H43N7O. The summed E-state index contributed by atoms with van der Waals surface area (Å²) < 4.78 is 5.97. The normalized spacial score (nSPS) is 19.2. The maximum atomic E-state index is 5.97. The smallest absolute Gasteiger partial charge is 0.162 e. The molecule has 1 fully saturated rings. The van der Waals surface area contributed by atoms with Crippen LogP contribution in [0.5, 0.6) is 0 Å². The van der Waals surface area contributed by atoms with Crippen molar-refractivity contribution in [3.05, 3.63) is 64.0 Å². The number of aryl methyl sites for hydroxylation is 3. The van der Waals surface area contributed by atoms with E-state index in [2.05, 4.69) is 104 Å². The number of ether oxygens (including phenoxy) is 1. The highest BCUT2D eigenvalue weighted by Crippen LogP contribution is 2.38. The summed E-state index contributed by atoms with van der Waals surface area (Å²) >= 11 is 0. The zero-order chi connectivity index (χ0) is 29.0. The number of H-pyrrole nitrogens is 1. The molecule has 2 aromatic heterocycles. The van der Waals surface area contributed by atoms with Gasteiger partial charge in [-0.1, -0.05) is 32.0 Å². The van der Waals surface area contributed by atoms with Crippen molar-refractivity contribution in [3.8, 4) is 11.4 Å². The molecule has 4 heterocycles. The van der Waals surface area contributed by atoms with Crippen LogP contribution in [-0.4, -0.2) is 78.1 Å². The highest BCUT2D eigenvalue weighted by atomic mass is 16.5. The summed E-state index contributed by atoms with van der Waals surface area (Å²) in [5, 5.41) is 8.82. The van der Waals surface area contributed by atoms with Gasteiger partial charge in [-0.25, -0.2) is 9.97 Å². The number of methoxy groups -OCH3 is 1. The summed E-state index contributed by atoms with van der Waals surface area (Å²) in [6.07, 6.45) is 0.992. The standard InChI is InChI=1S/C33H43N7O/c1-19(2)23-11-9-20(3)27(15-23)39-14-13-25-24(16-39)33(40-17-28(38(6)7)29(18-40)41-8)35-32(34-25)30-21(4)10-12-26-31(30)22(5)36-37-26/h9-12,15,19,28-29H,13-14,16-18H2,1-8H3,(H,36,37)/t28-,29-/m0/s1. The van der Waals surface area contributed by atoms with E-state index in [-0.39, 0.29) is 6.10 Å². The van der Waals surface area contributed by atoms with E-state index in [0.717, 1.165) is 77.7 Å². The molecule has 0 bridgehead atoms. The van der Waals surface area contributed by atoms with Gasteiger partial charge in [-0.3, -0.25) is 5.10 Å². The van der Waals surface area contributed by atoms with E-state index in [4.69, 9.17) is 14.7 Å². The van der Waals surface area contributed by atoms with Gasteiger partial charge in [-0.2, -0.15) is 5.10 Å². The molecule has 216 valence electrons. The second-order valence-electron chi connectivity index (χ2n) is 12.4.